The van der Waals surface area contributed by atoms with E-state index >= 15 is 0 Å². The van der Waals surface area contributed by atoms with Crippen LogP contribution in [0.3, 0.4) is 0 Å². The molecular weight excluding hydrogens is 168 g/mol. The molecular formula is C9H12N2O2. The Morgan fingerprint density at radius 3 is 2.77 bits per heavy atom. The molecule has 1 amide bonds. The van der Waals surface area contributed by atoms with Crippen molar-refractivity contribution in [2.45, 2.75) is 13.3 Å². The lowest BCUT2D eigenvalue weighted by Crippen LogP contribution is -2.32. The van der Waals surface area contributed by atoms with Crippen molar-refractivity contribution in [3.05, 3.63) is 0 Å². The van der Waals surface area contributed by atoms with E-state index in [2.05, 4.69) is 17.7 Å². The molecule has 1 aliphatic carbocycles. The van der Waals surface area contributed by atoms with Crippen LogP contribution >= 0.6 is 0 Å². The summed E-state index contributed by atoms with van der Waals surface area (Å²) in [5.41, 5.74) is -0.253. The minimum atomic E-state index is -0.317. The number of ether oxygens (including phenoxy) is 1. The van der Waals surface area contributed by atoms with E-state index in [4.69, 9.17) is 5.26 Å². The molecule has 4 heteroatoms. The number of amides is 1. The van der Waals surface area contributed by atoms with Crippen LogP contribution < -0.4 is 0 Å². The van der Waals surface area contributed by atoms with Crippen LogP contribution in [0.15, 0.2) is 0 Å². The summed E-state index contributed by atoms with van der Waals surface area (Å²) in [5.74, 6) is 0. The summed E-state index contributed by atoms with van der Waals surface area (Å²) in [6.07, 6.45) is 0.604. The summed E-state index contributed by atoms with van der Waals surface area (Å²) in [6, 6.07) is 2.31. The van der Waals surface area contributed by atoms with Crippen LogP contribution in [-0.2, 0) is 4.74 Å². The van der Waals surface area contributed by atoms with Crippen LogP contribution in [-0.4, -0.2) is 31.2 Å². The molecule has 1 heterocycles. The zero-order valence-corrected chi connectivity index (χ0v) is 7.83. The molecule has 0 aromatic heterocycles. The predicted octanol–water partition coefficient (Wildman–Crippen LogP) is 0.988. The molecule has 4 nitrogen and oxygen atoms in total. The van der Waals surface area contributed by atoms with Crippen molar-refractivity contribution in [2.24, 2.45) is 10.8 Å². The highest BCUT2D eigenvalue weighted by atomic mass is 16.5. The van der Waals surface area contributed by atoms with Gasteiger partial charge in [-0.2, -0.15) is 5.26 Å². The first-order chi connectivity index (χ1) is 6.07. The topological polar surface area (TPSA) is 53.3 Å². The van der Waals surface area contributed by atoms with Crippen LogP contribution in [0.2, 0.25) is 0 Å². The predicted molar refractivity (Wildman–Crippen MR) is 44.7 cm³/mol. The van der Waals surface area contributed by atoms with E-state index in [1.165, 1.54) is 7.11 Å². The quantitative estimate of drug-likeness (QED) is 0.558. The number of rotatable bonds is 0. The van der Waals surface area contributed by atoms with Gasteiger partial charge in [-0.1, -0.05) is 6.92 Å². The Balaban J connectivity index is 2.12. The van der Waals surface area contributed by atoms with Gasteiger partial charge in [0, 0.05) is 18.5 Å². The Hall–Kier alpha value is -1.24. The van der Waals surface area contributed by atoms with Gasteiger partial charge in [0.1, 0.15) is 0 Å². The van der Waals surface area contributed by atoms with E-state index in [9.17, 15) is 4.79 Å². The third kappa shape index (κ3) is 0.873. The summed E-state index contributed by atoms with van der Waals surface area (Å²) in [6.45, 7) is 3.25. The third-order valence-electron chi connectivity index (χ3n) is 3.37. The van der Waals surface area contributed by atoms with Gasteiger partial charge >= 0.3 is 6.09 Å². The van der Waals surface area contributed by atoms with Crippen molar-refractivity contribution >= 4 is 6.09 Å². The number of hydrogen-bond acceptors (Lipinski definition) is 3. The summed E-state index contributed by atoms with van der Waals surface area (Å²) in [4.78, 5) is 12.8. The molecule has 2 atom stereocenters. The molecule has 0 N–H and O–H groups in total. The first-order valence-corrected chi connectivity index (χ1v) is 4.31. The monoisotopic (exact) mass is 180 g/mol. The fraction of sp³-hybridized carbons (Fsp3) is 0.778. The van der Waals surface area contributed by atoms with Crippen molar-refractivity contribution < 1.29 is 9.53 Å². The number of hydrogen-bond donors (Lipinski definition) is 0. The molecule has 1 aliphatic heterocycles. The number of piperidine rings is 1. The zero-order valence-electron chi connectivity index (χ0n) is 7.83. The third-order valence-corrected chi connectivity index (χ3v) is 3.37. The highest BCUT2D eigenvalue weighted by molar-refractivity contribution is 5.69. The van der Waals surface area contributed by atoms with Crippen LogP contribution in [0.25, 0.3) is 0 Å². The van der Waals surface area contributed by atoms with Crippen LogP contribution in [0.5, 0.6) is 0 Å². The highest BCUT2D eigenvalue weighted by Crippen LogP contribution is 2.67. The van der Waals surface area contributed by atoms with Crippen molar-refractivity contribution in [1.29, 1.82) is 5.26 Å². The van der Waals surface area contributed by atoms with Crippen molar-refractivity contribution in [1.82, 2.24) is 4.90 Å². The van der Waals surface area contributed by atoms with Gasteiger partial charge in [0.05, 0.1) is 18.6 Å². The molecule has 1 saturated heterocycles. The Labute approximate surface area is 77.1 Å². The molecule has 2 unspecified atom stereocenters. The lowest BCUT2D eigenvalue weighted by molar-refractivity contribution is 0.125. The molecule has 70 valence electrons. The summed E-state index contributed by atoms with van der Waals surface area (Å²) in [7, 11) is 1.37. The smallest absolute Gasteiger partial charge is 0.409 e. The molecule has 0 aromatic rings. The van der Waals surface area contributed by atoms with Gasteiger partial charge in [-0.3, -0.25) is 0 Å². The average Bonchev–Trinajstić information content (AvgIpc) is 2.59. The van der Waals surface area contributed by atoms with E-state index in [1.54, 1.807) is 4.90 Å². The fourth-order valence-corrected chi connectivity index (χ4v) is 2.35. The van der Waals surface area contributed by atoms with Gasteiger partial charge in [-0.05, 0) is 6.42 Å². The summed E-state index contributed by atoms with van der Waals surface area (Å²) in [5, 5.41) is 8.98. The second kappa shape index (κ2) is 2.16. The van der Waals surface area contributed by atoms with Crippen LogP contribution in [0.4, 0.5) is 4.79 Å². The van der Waals surface area contributed by atoms with Gasteiger partial charge in [-0.15, -0.1) is 0 Å². The standard InChI is InChI=1S/C9H12N2O2/c1-8-3-9(8,4-10)6-11(5-8)7(12)13-2/h3,5-6H2,1-2H3. The molecule has 2 rings (SSSR count). The molecule has 0 aromatic carbocycles. The van der Waals surface area contributed by atoms with Crippen LogP contribution in [0, 0.1) is 22.2 Å². The number of nitriles is 1. The van der Waals surface area contributed by atoms with Gasteiger partial charge < -0.3 is 9.64 Å². The first-order valence-electron chi connectivity index (χ1n) is 4.31. The number of methoxy groups -OCH3 is 1. The van der Waals surface area contributed by atoms with Crippen molar-refractivity contribution in [3.8, 4) is 6.07 Å². The van der Waals surface area contributed by atoms with E-state index < -0.39 is 0 Å². The second-order valence-corrected chi connectivity index (χ2v) is 4.26. The minimum Gasteiger partial charge on any atom is -0.453 e. The Morgan fingerprint density at radius 1 is 1.62 bits per heavy atom. The number of carbonyl (C=O) groups excluding carboxylic acids is 1. The molecule has 0 radical (unpaired) electrons. The number of likely N-dealkylation sites (tertiary alicyclic amines) is 1. The second-order valence-electron chi connectivity index (χ2n) is 4.26. The minimum absolute atomic E-state index is 0.0238. The van der Waals surface area contributed by atoms with Crippen molar-refractivity contribution in [2.75, 3.05) is 20.2 Å². The lowest BCUT2D eigenvalue weighted by Gasteiger charge is -2.17. The van der Waals surface area contributed by atoms with E-state index in [1.807, 2.05) is 0 Å². The molecule has 2 fully saturated rings. The SMILES string of the molecule is COC(=O)N1CC2(C)CC2(C#N)C1. The van der Waals surface area contributed by atoms with Gasteiger partial charge in [-0.25, -0.2) is 4.79 Å². The maximum absolute atomic E-state index is 11.2. The van der Waals surface area contributed by atoms with E-state index in [-0.39, 0.29) is 16.9 Å². The molecule has 0 bridgehead atoms. The Morgan fingerprint density at radius 2 is 2.31 bits per heavy atom. The van der Waals surface area contributed by atoms with Gasteiger partial charge in [0.15, 0.2) is 0 Å². The molecule has 2 aliphatic rings. The average molecular weight is 180 g/mol. The van der Waals surface area contributed by atoms with E-state index in [0.717, 1.165) is 6.42 Å². The van der Waals surface area contributed by atoms with E-state index in [0.29, 0.717) is 13.1 Å². The normalized spacial score (nSPS) is 40.8. The zero-order chi connectivity index (χ0) is 9.69. The largest absolute Gasteiger partial charge is 0.453 e. The number of carbonyl (C=O) groups is 1. The van der Waals surface area contributed by atoms with Gasteiger partial charge in [0.2, 0.25) is 0 Å². The summed E-state index contributed by atoms with van der Waals surface area (Å²) >= 11 is 0. The maximum atomic E-state index is 11.2. The van der Waals surface area contributed by atoms with Crippen LogP contribution in [0.1, 0.15) is 13.3 Å². The Bertz CT molecular complexity index is 309. The Kier molecular flexibility index (Phi) is 1.39. The summed E-state index contributed by atoms with van der Waals surface area (Å²) < 4.78 is 4.62. The molecule has 1 saturated carbocycles. The molecule has 0 spiro atoms. The maximum Gasteiger partial charge on any atom is 0.409 e. The number of fused-ring (bicyclic) bond motifs is 1. The van der Waals surface area contributed by atoms with Gasteiger partial charge in [0.25, 0.3) is 0 Å². The van der Waals surface area contributed by atoms with Crippen molar-refractivity contribution in [3.63, 3.8) is 0 Å². The molecule has 13 heavy (non-hydrogen) atoms. The first kappa shape index (κ1) is 8.36. The fourth-order valence-electron chi connectivity index (χ4n) is 2.35. The highest BCUT2D eigenvalue weighted by Gasteiger charge is 2.71. The number of nitrogens with zero attached hydrogens (tertiary/aromatic N) is 2. The lowest BCUT2D eigenvalue weighted by atomic mass is 10.0.